The van der Waals surface area contributed by atoms with E-state index in [4.69, 9.17) is 4.74 Å². The van der Waals surface area contributed by atoms with Crippen LogP contribution in [0.1, 0.15) is 17.5 Å². The highest BCUT2D eigenvalue weighted by Crippen LogP contribution is 2.23. The van der Waals surface area contributed by atoms with E-state index in [1.807, 2.05) is 0 Å². The van der Waals surface area contributed by atoms with Crippen molar-refractivity contribution in [3.05, 3.63) is 29.3 Å². The number of hydrogen-bond donors (Lipinski definition) is 2. The number of halogens is 3. The van der Waals surface area contributed by atoms with Crippen LogP contribution in [-0.2, 0) is 16.4 Å². The highest BCUT2D eigenvalue weighted by atomic mass is 32.2. The number of guanidine groups is 1. The van der Waals surface area contributed by atoms with Gasteiger partial charge in [-0.25, -0.2) is 8.42 Å². The Kier molecular flexibility index (Phi) is 8.19. The van der Waals surface area contributed by atoms with Gasteiger partial charge in [0, 0.05) is 32.0 Å². The summed E-state index contributed by atoms with van der Waals surface area (Å²) in [7, 11) is -1.48. The topological polar surface area (TPSA) is 79.8 Å². The van der Waals surface area contributed by atoms with E-state index in [0.29, 0.717) is 24.5 Å². The van der Waals surface area contributed by atoms with Crippen molar-refractivity contribution >= 4 is 15.8 Å². The van der Waals surface area contributed by atoms with Gasteiger partial charge in [0.15, 0.2) is 12.6 Å². The van der Waals surface area contributed by atoms with Crippen molar-refractivity contribution in [2.24, 2.45) is 4.99 Å². The zero-order valence-electron chi connectivity index (χ0n) is 15.0. The second-order valence-corrected chi connectivity index (χ2v) is 8.11. The summed E-state index contributed by atoms with van der Waals surface area (Å²) < 4.78 is 64.2. The van der Waals surface area contributed by atoms with Gasteiger partial charge in [-0.05, 0) is 25.0 Å². The van der Waals surface area contributed by atoms with Crippen LogP contribution in [0.5, 0.6) is 5.75 Å². The first-order chi connectivity index (χ1) is 12.0. The number of aliphatic imine (C=N–C) groups is 1. The number of benzene rings is 1. The molecule has 0 saturated carbocycles. The van der Waals surface area contributed by atoms with Crippen LogP contribution in [0.2, 0.25) is 0 Å². The maximum Gasteiger partial charge on any atom is 0.422 e. The average Bonchev–Trinajstić information content (AvgIpc) is 2.51. The van der Waals surface area contributed by atoms with E-state index in [1.54, 1.807) is 32.2 Å². The average molecular weight is 395 g/mol. The summed E-state index contributed by atoms with van der Waals surface area (Å²) in [5.74, 6) is 0.632. The first-order valence-corrected chi connectivity index (χ1v) is 9.97. The van der Waals surface area contributed by atoms with E-state index >= 15 is 0 Å². The molecule has 10 heteroatoms. The molecule has 0 saturated heterocycles. The number of nitrogens with zero attached hydrogens (tertiary/aromatic N) is 1. The largest absolute Gasteiger partial charge is 0.484 e. The lowest BCUT2D eigenvalue weighted by Gasteiger charge is -2.16. The molecule has 0 aliphatic carbocycles. The summed E-state index contributed by atoms with van der Waals surface area (Å²) in [6.45, 7) is 1.01. The van der Waals surface area contributed by atoms with Crippen LogP contribution in [0.25, 0.3) is 0 Å². The molecule has 6 nitrogen and oxygen atoms in total. The molecule has 0 atom stereocenters. The van der Waals surface area contributed by atoms with Gasteiger partial charge in [-0.3, -0.25) is 4.99 Å². The first-order valence-electron chi connectivity index (χ1n) is 7.91. The molecule has 1 rings (SSSR count). The SMILES string of the molecule is CN=C(NCCCS(C)(=O)=O)NCc1ccc(C)cc1OCC(F)(F)F. The Hall–Kier alpha value is -1.97. The number of alkyl halides is 3. The summed E-state index contributed by atoms with van der Waals surface area (Å²) in [4.78, 5) is 3.99. The zero-order chi connectivity index (χ0) is 19.8. The third-order valence-corrected chi connectivity index (χ3v) is 4.30. The fourth-order valence-electron chi connectivity index (χ4n) is 2.04. The standard InChI is InChI=1S/C16H24F3N3O3S/c1-12-5-6-13(14(9-12)25-11-16(17,18)19)10-22-15(20-2)21-7-4-8-26(3,23)24/h5-6,9H,4,7-8,10-11H2,1-3H3,(H2,20,21,22). The maximum atomic E-state index is 12.4. The van der Waals surface area contributed by atoms with Gasteiger partial charge >= 0.3 is 6.18 Å². The lowest BCUT2D eigenvalue weighted by molar-refractivity contribution is -0.153. The molecule has 0 fully saturated rings. The van der Waals surface area contributed by atoms with Gasteiger partial charge in [0.05, 0.1) is 5.75 Å². The minimum Gasteiger partial charge on any atom is -0.484 e. The van der Waals surface area contributed by atoms with Crippen molar-refractivity contribution in [1.82, 2.24) is 10.6 Å². The van der Waals surface area contributed by atoms with Crippen molar-refractivity contribution in [2.45, 2.75) is 26.1 Å². The molecule has 0 aliphatic heterocycles. The van der Waals surface area contributed by atoms with E-state index in [9.17, 15) is 21.6 Å². The van der Waals surface area contributed by atoms with Gasteiger partial charge in [0.1, 0.15) is 15.6 Å². The summed E-state index contributed by atoms with van der Waals surface area (Å²) in [6, 6.07) is 5.01. The number of nitrogens with one attached hydrogen (secondary N) is 2. The van der Waals surface area contributed by atoms with Crippen molar-refractivity contribution in [3.8, 4) is 5.75 Å². The van der Waals surface area contributed by atoms with Gasteiger partial charge in [-0.15, -0.1) is 0 Å². The first kappa shape index (κ1) is 22.1. The zero-order valence-corrected chi connectivity index (χ0v) is 15.8. The normalized spacial score (nSPS) is 12.8. The minimum atomic E-state index is -4.41. The number of sulfone groups is 1. The molecule has 0 aliphatic rings. The molecular weight excluding hydrogens is 371 g/mol. The van der Waals surface area contributed by atoms with Gasteiger partial charge in [0.25, 0.3) is 0 Å². The summed E-state index contributed by atoms with van der Waals surface area (Å²) in [5.41, 5.74) is 1.34. The Morgan fingerprint density at radius 1 is 1.27 bits per heavy atom. The summed E-state index contributed by atoms with van der Waals surface area (Å²) in [6.07, 6.45) is -2.82. The smallest absolute Gasteiger partial charge is 0.422 e. The lowest BCUT2D eigenvalue weighted by Crippen LogP contribution is -2.37. The molecule has 0 spiro atoms. The molecule has 1 aromatic carbocycles. The second-order valence-electron chi connectivity index (χ2n) is 5.85. The number of ether oxygens (including phenoxy) is 1. The fourth-order valence-corrected chi connectivity index (χ4v) is 2.71. The van der Waals surface area contributed by atoms with Gasteiger partial charge < -0.3 is 15.4 Å². The lowest BCUT2D eigenvalue weighted by atomic mass is 10.1. The van der Waals surface area contributed by atoms with Crippen LogP contribution in [0.4, 0.5) is 13.2 Å². The predicted octanol–water partition coefficient (Wildman–Crippen LogP) is 2.04. The van der Waals surface area contributed by atoms with Crippen LogP contribution < -0.4 is 15.4 Å². The van der Waals surface area contributed by atoms with E-state index < -0.39 is 22.6 Å². The molecule has 0 unspecified atom stereocenters. The third-order valence-electron chi connectivity index (χ3n) is 3.27. The number of aryl methyl sites for hydroxylation is 1. The molecule has 0 amide bonds. The molecule has 2 N–H and O–H groups in total. The second kappa shape index (κ2) is 9.65. The number of rotatable bonds is 8. The Bertz CT molecular complexity index is 719. The summed E-state index contributed by atoms with van der Waals surface area (Å²) in [5, 5.41) is 5.92. The van der Waals surface area contributed by atoms with Crippen LogP contribution in [-0.4, -0.2) is 52.8 Å². The third kappa shape index (κ3) is 9.50. The minimum absolute atomic E-state index is 0.0599. The monoisotopic (exact) mass is 395 g/mol. The quantitative estimate of drug-likeness (QED) is 0.400. The molecule has 0 heterocycles. The van der Waals surface area contributed by atoms with Crippen LogP contribution in [0.3, 0.4) is 0 Å². The molecule has 148 valence electrons. The predicted molar refractivity (Wildman–Crippen MR) is 95.3 cm³/mol. The molecule has 0 aromatic heterocycles. The Morgan fingerprint density at radius 2 is 1.96 bits per heavy atom. The highest BCUT2D eigenvalue weighted by Gasteiger charge is 2.28. The molecule has 0 bridgehead atoms. The van der Waals surface area contributed by atoms with Crippen molar-refractivity contribution in [3.63, 3.8) is 0 Å². The van der Waals surface area contributed by atoms with E-state index in [-0.39, 0.29) is 18.0 Å². The van der Waals surface area contributed by atoms with Crippen molar-refractivity contribution < 1.29 is 26.3 Å². The van der Waals surface area contributed by atoms with Gasteiger partial charge in [-0.1, -0.05) is 12.1 Å². The molecule has 1 aromatic rings. The molecular formula is C16H24F3N3O3S. The number of hydrogen-bond acceptors (Lipinski definition) is 4. The van der Waals surface area contributed by atoms with Crippen molar-refractivity contribution in [2.75, 3.05) is 32.2 Å². The van der Waals surface area contributed by atoms with E-state index in [0.717, 1.165) is 5.56 Å². The van der Waals surface area contributed by atoms with E-state index in [2.05, 4.69) is 15.6 Å². The van der Waals surface area contributed by atoms with Crippen molar-refractivity contribution in [1.29, 1.82) is 0 Å². The van der Waals surface area contributed by atoms with Crippen LogP contribution >= 0.6 is 0 Å². The Labute approximate surface area is 151 Å². The van der Waals surface area contributed by atoms with Gasteiger partial charge in [-0.2, -0.15) is 13.2 Å². The molecule has 26 heavy (non-hydrogen) atoms. The summed E-state index contributed by atoms with van der Waals surface area (Å²) >= 11 is 0. The Morgan fingerprint density at radius 3 is 2.54 bits per heavy atom. The van der Waals surface area contributed by atoms with Crippen LogP contribution in [0, 0.1) is 6.92 Å². The fraction of sp³-hybridized carbons (Fsp3) is 0.562. The molecule has 0 radical (unpaired) electrons. The highest BCUT2D eigenvalue weighted by molar-refractivity contribution is 7.90. The Balaban J connectivity index is 2.61. The van der Waals surface area contributed by atoms with E-state index in [1.165, 1.54) is 6.26 Å². The van der Waals surface area contributed by atoms with Gasteiger partial charge in [0.2, 0.25) is 0 Å². The van der Waals surface area contributed by atoms with Crippen LogP contribution in [0.15, 0.2) is 23.2 Å². The maximum absolute atomic E-state index is 12.4.